The van der Waals surface area contributed by atoms with Crippen LogP contribution in [0.4, 0.5) is 5.69 Å². The molecule has 0 bridgehead atoms. The maximum Gasteiger partial charge on any atom is 0.223 e. The van der Waals surface area contributed by atoms with Crippen molar-refractivity contribution in [3.63, 3.8) is 0 Å². The van der Waals surface area contributed by atoms with Gasteiger partial charge in [0.05, 0.1) is 6.54 Å². The van der Waals surface area contributed by atoms with Crippen molar-refractivity contribution in [2.75, 3.05) is 18.8 Å². The quantitative estimate of drug-likeness (QED) is 0.618. The first-order chi connectivity index (χ1) is 8.17. The summed E-state index contributed by atoms with van der Waals surface area (Å²) in [6.07, 6.45) is 6.38. The second kappa shape index (κ2) is 6.59. The molecule has 2 N–H and O–H groups in total. The minimum atomic E-state index is 0.0906. The van der Waals surface area contributed by atoms with Crippen LogP contribution in [0.15, 0.2) is 24.3 Å². The molecule has 0 aromatic heterocycles. The second-order valence-electron chi connectivity index (χ2n) is 3.86. The van der Waals surface area contributed by atoms with Crippen LogP contribution in [0.1, 0.15) is 18.9 Å². The molecule has 0 aliphatic rings. The van der Waals surface area contributed by atoms with Gasteiger partial charge in [-0.3, -0.25) is 4.79 Å². The minimum Gasteiger partial charge on any atom is -0.399 e. The first-order valence-corrected chi connectivity index (χ1v) is 5.73. The summed E-state index contributed by atoms with van der Waals surface area (Å²) in [4.78, 5) is 13.5. The molecule has 0 aliphatic carbocycles. The van der Waals surface area contributed by atoms with Crippen LogP contribution < -0.4 is 5.73 Å². The first-order valence-electron chi connectivity index (χ1n) is 5.73. The van der Waals surface area contributed by atoms with E-state index in [9.17, 15) is 4.79 Å². The lowest BCUT2D eigenvalue weighted by molar-refractivity contribution is -0.130. The Hall–Kier alpha value is -1.95. The van der Waals surface area contributed by atoms with Crippen molar-refractivity contribution >= 4 is 11.6 Å². The molecule has 0 fully saturated rings. The molecule has 0 spiro atoms. The van der Waals surface area contributed by atoms with Gasteiger partial charge >= 0.3 is 0 Å². The van der Waals surface area contributed by atoms with Crippen molar-refractivity contribution in [1.82, 2.24) is 4.90 Å². The van der Waals surface area contributed by atoms with Crippen LogP contribution in [0, 0.1) is 12.3 Å². The molecule has 0 saturated heterocycles. The van der Waals surface area contributed by atoms with Crippen LogP contribution >= 0.6 is 0 Å². The van der Waals surface area contributed by atoms with E-state index in [-0.39, 0.29) is 5.91 Å². The van der Waals surface area contributed by atoms with Gasteiger partial charge in [-0.15, -0.1) is 6.42 Å². The number of amides is 1. The Bertz CT molecular complexity index is 420. The SMILES string of the molecule is C#CCN(CC)C(=O)CCc1cccc(N)c1. The number of nitrogen functional groups attached to an aromatic ring is 1. The van der Waals surface area contributed by atoms with E-state index in [0.717, 1.165) is 11.3 Å². The molecule has 3 heteroatoms. The number of nitrogens with two attached hydrogens (primary N) is 1. The lowest BCUT2D eigenvalue weighted by atomic mass is 10.1. The molecule has 17 heavy (non-hydrogen) atoms. The molecule has 0 saturated carbocycles. The van der Waals surface area contributed by atoms with E-state index in [2.05, 4.69) is 5.92 Å². The molecule has 0 radical (unpaired) electrons. The maximum atomic E-state index is 11.8. The summed E-state index contributed by atoms with van der Waals surface area (Å²) in [5.41, 5.74) is 7.48. The van der Waals surface area contributed by atoms with Gasteiger partial charge in [-0.05, 0) is 31.0 Å². The lowest BCUT2D eigenvalue weighted by Gasteiger charge is -2.17. The molecule has 1 rings (SSSR count). The molecule has 3 nitrogen and oxygen atoms in total. The topological polar surface area (TPSA) is 46.3 Å². The fourth-order valence-corrected chi connectivity index (χ4v) is 1.64. The monoisotopic (exact) mass is 230 g/mol. The maximum absolute atomic E-state index is 11.8. The normalized spacial score (nSPS) is 9.65. The summed E-state index contributed by atoms with van der Waals surface area (Å²) in [5.74, 6) is 2.58. The van der Waals surface area contributed by atoms with Crippen molar-refractivity contribution in [1.29, 1.82) is 0 Å². The largest absolute Gasteiger partial charge is 0.399 e. The zero-order valence-corrected chi connectivity index (χ0v) is 10.1. The van der Waals surface area contributed by atoms with Crippen LogP contribution in [0.2, 0.25) is 0 Å². The molecule has 0 atom stereocenters. The van der Waals surface area contributed by atoms with Gasteiger partial charge in [-0.1, -0.05) is 18.1 Å². The Labute approximate surface area is 103 Å². The van der Waals surface area contributed by atoms with Crippen molar-refractivity contribution in [3.8, 4) is 12.3 Å². The molecule has 1 aromatic carbocycles. The van der Waals surface area contributed by atoms with Crippen LogP contribution in [0.3, 0.4) is 0 Å². The Morgan fingerprint density at radius 1 is 1.53 bits per heavy atom. The van der Waals surface area contributed by atoms with E-state index in [1.807, 2.05) is 31.2 Å². The average Bonchev–Trinajstić information content (AvgIpc) is 2.33. The Morgan fingerprint density at radius 2 is 2.29 bits per heavy atom. The fourth-order valence-electron chi connectivity index (χ4n) is 1.64. The third kappa shape index (κ3) is 4.20. The molecule has 1 amide bonds. The molecule has 0 heterocycles. The standard InChI is InChI=1S/C14H18N2O/c1-3-10-16(4-2)14(17)9-8-12-6-5-7-13(15)11-12/h1,5-7,11H,4,8-10,15H2,2H3. The van der Waals surface area contributed by atoms with E-state index < -0.39 is 0 Å². The number of carbonyl (C=O) groups is 1. The number of hydrogen-bond acceptors (Lipinski definition) is 2. The highest BCUT2D eigenvalue weighted by atomic mass is 16.2. The zero-order valence-electron chi connectivity index (χ0n) is 10.1. The van der Waals surface area contributed by atoms with E-state index in [1.165, 1.54) is 0 Å². The van der Waals surface area contributed by atoms with Crippen molar-refractivity contribution < 1.29 is 4.79 Å². The summed E-state index contributed by atoms with van der Waals surface area (Å²) < 4.78 is 0. The number of terminal acetylenes is 1. The number of aryl methyl sites for hydroxylation is 1. The van der Waals surface area contributed by atoms with Gasteiger partial charge in [0.2, 0.25) is 5.91 Å². The number of rotatable bonds is 5. The number of anilines is 1. The van der Waals surface area contributed by atoms with Crippen molar-refractivity contribution in [2.24, 2.45) is 0 Å². The van der Waals surface area contributed by atoms with Crippen molar-refractivity contribution in [2.45, 2.75) is 19.8 Å². The van der Waals surface area contributed by atoms with Gasteiger partial charge in [-0.25, -0.2) is 0 Å². The summed E-state index contributed by atoms with van der Waals surface area (Å²) in [6.45, 7) is 2.96. The molecule has 0 aliphatic heterocycles. The molecular formula is C14H18N2O. The molecule has 1 aromatic rings. The fraction of sp³-hybridized carbons (Fsp3) is 0.357. The highest BCUT2D eigenvalue weighted by Gasteiger charge is 2.09. The van der Waals surface area contributed by atoms with E-state index in [0.29, 0.717) is 25.9 Å². The highest BCUT2D eigenvalue weighted by Crippen LogP contribution is 2.09. The summed E-state index contributed by atoms with van der Waals surface area (Å²) >= 11 is 0. The van der Waals surface area contributed by atoms with Crippen molar-refractivity contribution in [3.05, 3.63) is 29.8 Å². The van der Waals surface area contributed by atoms with Crippen LogP contribution in [0.25, 0.3) is 0 Å². The molecule has 90 valence electrons. The van der Waals surface area contributed by atoms with Gasteiger partial charge < -0.3 is 10.6 Å². The van der Waals surface area contributed by atoms with Crippen LogP contribution in [-0.4, -0.2) is 23.9 Å². The molecular weight excluding hydrogens is 212 g/mol. The number of nitrogens with zero attached hydrogens (tertiary/aromatic N) is 1. The Balaban J connectivity index is 2.50. The van der Waals surface area contributed by atoms with Gasteiger partial charge in [0.25, 0.3) is 0 Å². The number of hydrogen-bond donors (Lipinski definition) is 1. The van der Waals surface area contributed by atoms with Gasteiger partial charge in [0.1, 0.15) is 0 Å². The Morgan fingerprint density at radius 3 is 2.88 bits per heavy atom. The second-order valence-corrected chi connectivity index (χ2v) is 3.86. The minimum absolute atomic E-state index is 0.0906. The van der Waals surface area contributed by atoms with E-state index in [4.69, 9.17) is 12.2 Å². The summed E-state index contributed by atoms with van der Waals surface area (Å²) in [6, 6.07) is 7.60. The highest BCUT2D eigenvalue weighted by molar-refractivity contribution is 5.76. The van der Waals surface area contributed by atoms with Gasteiger partial charge in [0, 0.05) is 18.7 Å². The third-order valence-electron chi connectivity index (χ3n) is 2.60. The van der Waals surface area contributed by atoms with E-state index >= 15 is 0 Å². The average molecular weight is 230 g/mol. The summed E-state index contributed by atoms with van der Waals surface area (Å²) in [7, 11) is 0. The summed E-state index contributed by atoms with van der Waals surface area (Å²) in [5, 5.41) is 0. The number of benzene rings is 1. The van der Waals surface area contributed by atoms with E-state index in [1.54, 1.807) is 4.90 Å². The van der Waals surface area contributed by atoms with Crippen LogP contribution in [-0.2, 0) is 11.2 Å². The first kappa shape index (κ1) is 13.1. The van der Waals surface area contributed by atoms with Crippen LogP contribution in [0.5, 0.6) is 0 Å². The predicted octanol–water partition coefficient (Wildman–Crippen LogP) is 1.68. The smallest absolute Gasteiger partial charge is 0.223 e. The lowest BCUT2D eigenvalue weighted by Crippen LogP contribution is -2.31. The Kier molecular flexibility index (Phi) is 5.09. The van der Waals surface area contributed by atoms with Gasteiger partial charge in [-0.2, -0.15) is 0 Å². The zero-order chi connectivity index (χ0) is 12.7. The molecule has 0 unspecified atom stereocenters. The number of carbonyl (C=O) groups excluding carboxylic acids is 1. The van der Waals surface area contributed by atoms with Gasteiger partial charge in [0.15, 0.2) is 0 Å². The predicted molar refractivity (Wildman–Crippen MR) is 70.3 cm³/mol. The third-order valence-corrected chi connectivity index (χ3v) is 2.60.